The van der Waals surface area contributed by atoms with E-state index in [1.165, 1.54) is 6.20 Å². The van der Waals surface area contributed by atoms with Crippen LogP contribution in [0.1, 0.15) is 26.7 Å². The molecular formula is C9H19F2N3O. The fourth-order valence-corrected chi connectivity index (χ4v) is 1.54. The molecule has 0 aromatic carbocycles. The lowest BCUT2D eigenvalue weighted by atomic mass is 9.73. The Morgan fingerprint density at radius 1 is 1.40 bits per heavy atom. The summed E-state index contributed by atoms with van der Waals surface area (Å²) >= 11 is 0. The van der Waals surface area contributed by atoms with Crippen molar-refractivity contribution in [3.63, 3.8) is 0 Å². The summed E-state index contributed by atoms with van der Waals surface area (Å²) in [6.45, 7) is 3.60. The number of rotatable bonds is 3. The average molecular weight is 223 g/mol. The summed E-state index contributed by atoms with van der Waals surface area (Å²) in [4.78, 5) is 0. The number of aliphatic hydroxyl groups is 1. The van der Waals surface area contributed by atoms with E-state index in [1.54, 1.807) is 0 Å². The van der Waals surface area contributed by atoms with Crippen molar-refractivity contribution in [3.05, 3.63) is 12.4 Å². The van der Waals surface area contributed by atoms with Crippen LogP contribution in [-0.2, 0) is 0 Å². The third-order valence-electron chi connectivity index (χ3n) is 2.26. The van der Waals surface area contributed by atoms with Crippen LogP contribution in [0.15, 0.2) is 12.4 Å². The lowest BCUT2D eigenvalue weighted by Gasteiger charge is -2.50. The molecule has 1 fully saturated rings. The molecule has 15 heavy (non-hydrogen) atoms. The monoisotopic (exact) mass is 223 g/mol. The highest BCUT2D eigenvalue weighted by Crippen LogP contribution is 2.47. The molecule has 0 aliphatic heterocycles. The predicted molar refractivity (Wildman–Crippen MR) is 54.7 cm³/mol. The summed E-state index contributed by atoms with van der Waals surface area (Å²) in [5.74, 6) is 2.71. The third kappa shape index (κ3) is 3.04. The van der Waals surface area contributed by atoms with Crippen LogP contribution in [0.3, 0.4) is 0 Å². The molecule has 0 heterocycles. The topological polar surface area (TPSA) is 75.5 Å². The summed E-state index contributed by atoms with van der Waals surface area (Å²) in [6.07, 6.45) is 1.55. The van der Waals surface area contributed by atoms with E-state index >= 15 is 0 Å². The van der Waals surface area contributed by atoms with Crippen LogP contribution in [0.5, 0.6) is 0 Å². The van der Waals surface area contributed by atoms with Crippen LogP contribution in [0.4, 0.5) is 8.78 Å². The molecule has 1 saturated carbocycles. The molecule has 4 nitrogen and oxygen atoms in total. The van der Waals surface area contributed by atoms with Crippen molar-refractivity contribution in [1.29, 1.82) is 0 Å². The number of halogens is 2. The first-order valence-electron chi connectivity index (χ1n) is 4.87. The van der Waals surface area contributed by atoms with Crippen LogP contribution < -0.4 is 11.6 Å². The van der Waals surface area contributed by atoms with Gasteiger partial charge in [0.25, 0.3) is 5.92 Å². The van der Waals surface area contributed by atoms with Gasteiger partial charge in [0.1, 0.15) is 0 Å². The molecule has 1 aliphatic rings. The Morgan fingerprint density at radius 2 is 1.87 bits per heavy atom. The van der Waals surface area contributed by atoms with Crippen molar-refractivity contribution in [2.45, 2.75) is 38.2 Å². The van der Waals surface area contributed by atoms with E-state index in [4.69, 9.17) is 16.7 Å². The molecule has 5 N–H and O–H groups in total. The number of alkyl halides is 2. The van der Waals surface area contributed by atoms with E-state index in [0.29, 0.717) is 0 Å². The van der Waals surface area contributed by atoms with Gasteiger partial charge in [-0.3, -0.25) is 0 Å². The first-order valence-corrected chi connectivity index (χ1v) is 4.87. The van der Waals surface area contributed by atoms with Gasteiger partial charge in [-0.15, -0.1) is 0 Å². The van der Waals surface area contributed by atoms with Gasteiger partial charge in [0.15, 0.2) is 0 Å². The van der Waals surface area contributed by atoms with Gasteiger partial charge >= 0.3 is 0 Å². The molecule has 0 atom stereocenters. The minimum absolute atomic E-state index is 0.399. The van der Waals surface area contributed by atoms with E-state index in [1.807, 2.05) is 13.8 Å². The van der Waals surface area contributed by atoms with Crippen molar-refractivity contribution in [3.8, 4) is 0 Å². The largest absolute Gasteiger partial charge is 0.403 e. The molecule has 1 aliphatic carbocycles. The zero-order chi connectivity index (χ0) is 12.1. The summed E-state index contributed by atoms with van der Waals surface area (Å²) in [6, 6.07) is 0. The Labute approximate surface area is 88.5 Å². The molecule has 0 aromatic heterocycles. The van der Waals surface area contributed by atoms with E-state index in [-0.39, 0.29) is 0 Å². The number of nitrogens with two attached hydrogens (primary N) is 2. The molecule has 1 rings (SSSR count). The zero-order valence-corrected chi connectivity index (χ0v) is 9.08. The maximum absolute atomic E-state index is 12.6. The van der Waals surface area contributed by atoms with Crippen LogP contribution >= 0.6 is 0 Å². The maximum atomic E-state index is 12.6. The second-order valence-corrected chi connectivity index (χ2v) is 3.34. The van der Waals surface area contributed by atoms with Gasteiger partial charge in [-0.25, -0.2) is 14.6 Å². The Hall–Kier alpha value is -0.880. The van der Waals surface area contributed by atoms with Gasteiger partial charge in [0.05, 0.1) is 12.1 Å². The SMILES string of the molecule is CC.N/C=C\N(N)C1(CO)CC(F)(F)C1. The van der Waals surface area contributed by atoms with E-state index < -0.39 is 30.9 Å². The predicted octanol–water partition coefficient (Wildman–Crippen LogP) is 0.778. The first-order chi connectivity index (χ1) is 6.96. The highest BCUT2D eigenvalue weighted by molar-refractivity contribution is 5.07. The van der Waals surface area contributed by atoms with Crippen molar-refractivity contribution in [2.24, 2.45) is 11.6 Å². The number of hydrazine groups is 1. The minimum atomic E-state index is -2.72. The van der Waals surface area contributed by atoms with Crippen molar-refractivity contribution < 1.29 is 13.9 Å². The van der Waals surface area contributed by atoms with Gasteiger partial charge in [-0.05, 0) is 0 Å². The second-order valence-electron chi connectivity index (χ2n) is 3.34. The summed E-state index contributed by atoms with van der Waals surface area (Å²) < 4.78 is 25.1. The van der Waals surface area contributed by atoms with E-state index in [9.17, 15) is 8.78 Å². The van der Waals surface area contributed by atoms with Crippen molar-refractivity contribution in [1.82, 2.24) is 5.01 Å². The van der Waals surface area contributed by atoms with Gasteiger partial charge in [0, 0.05) is 25.2 Å². The van der Waals surface area contributed by atoms with Crippen molar-refractivity contribution >= 4 is 0 Å². The molecule has 6 heteroatoms. The first kappa shape index (κ1) is 14.1. The third-order valence-corrected chi connectivity index (χ3v) is 2.26. The number of aliphatic hydroxyl groups excluding tert-OH is 1. The summed E-state index contributed by atoms with van der Waals surface area (Å²) in [7, 11) is 0. The summed E-state index contributed by atoms with van der Waals surface area (Å²) in [5.41, 5.74) is 4.01. The van der Waals surface area contributed by atoms with Crippen LogP contribution in [-0.4, -0.2) is 28.2 Å². The van der Waals surface area contributed by atoms with Gasteiger partial charge in [0.2, 0.25) is 0 Å². The fourth-order valence-electron chi connectivity index (χ4n) is 1.54. The Morgan fingerprint density at radius 3 is 2.13 bits per heavy atom. The number of hydrogen-bond acceptors (Lipinski definition) is 4. The molecule has 0 amide bonds. The van der Waals surface area contributed by atoms with Gasteiger partial charge in [-0.1, -0.05) is 13.8 Å². The molecule has 0 aromatic rings. The highest BCUT2D eigenvalue weighted by Gasteiger charge is 2.58. The minimum Gasteiger partial charge on any atom is -0.403 e. The van der Waals surface area contributed by atoms with Crippen molar-refractivity contribution in [2.75, 3.05) is 6.61 Å². The zero-order valence-electron chi connectivity index (χ0n) is 9.08. The molecule has 0 spiro atoms. The molecule has 90 valence electrons. The van der Waals surface area contributed by atoms with Gasteiger partial charge < -0.3 is 15.8 Å². The number of hydrogen-bond donors (Lipinski definition) is 3. The van der Waals surface area contributed by atoms with E-state index in [2.05, 4.69) is 0 Å². The quantitative estimate of drug-likeness (QED) is 0.488. The Kier molecular flexibility index (Phi) is 4.96. The highest BCUT2D eigenvalue weighted by atomic mass is 19.3. The molecule has 0 saturated heterocycles. The van der Waals surface area contributed by atoms with E-state index in [0.717, 1.165) is 11.2 Å². The average Bonchev–Trinajstić information content (AvgIpc) is 2.17. The molecule has 0 bridgehead atoms. The lowest BCUT2D eigenvalue weighted by molar-refractivity contribution is -0.180. The molecular weight excluding hydrogens is 204 g/mol. The molecule has 0 radical (unpaired) electrons. The maximum Gasteiger partial charge on any atom is 0.252 e. The smallest absolute Gasteiger partial charge is 0.252 e. The van der Waals surface area contributed by atoms with Crippen LogP contribution in [0.25, 0.3) is 0 Å². The Balaban J connectivity index is 0.000000921. The molecule has 0 unspecified atom stereocenters. The lowest BCUT2D eigenvalue weighted by Crippen LogP contribution is -2.65. The second kappa shape index (κ2) is 5.27. The normalized spacial score (nSPS) is 21.5. The number of nitrogens with zero attached hydrogens (tertiary/aromatic N) is 1. The Bertz CT molecular complexity index is 213. The van der Waals surface area contributed by atoms with Crippen LogP contribution in [0.2, 0.25) is 0 Å². The van der Waals surface area contributed by atoms with Crippen LogP contribution in [0, 0.1) is 0 Å². The van der Waals surface area contributed by atoms with Gasteiger partial charge in [-0.2, -0.15) is 0 Å². The fraction of sp³-hybridized carbons (Fsp3) is 0.778. The summed E-state index contributed by atoms with van der Waals surface area (Å²) in [5, 5.41) is 9.98. The standard InChI is InChI=1S/C7H13F2N3O.C2H6/c8-7(9)3-6(4-7,5-13)12(11)2-1-10;1-2/h1-2,13H,3-5,10-11H2;1-2H3/b2-1-;.